The van der Waals surface area contributed by atoms with E-state index in [1.54, 1.807) is 48.7 Å². The van der Waals surface area contributed by atoms with Gasteiger partial charge >= 0.3 is 5.97 Å². The van der Waals surface area contributed by atoms with Crippen molar-refractivity contribution in [2.75, 3.05) is 0 Å². The Hall–Kier alpha value is -3.22. The van der Waals surface area contributed by atoms with Crippen molar-refractivity contribution in [3.63, 3.8) is 0 Å². The van der Waals surface area contributed by atoms with E-state index in [1.807, 2.05) is 0 Å². The van der Waals surface area contributed by atoms with Gasteiger partial charge in [0, 0.05) is 11.8 Å². The van der Waals surface area contributed by atoms with Crippen LogP contribution >= 0.6 is 23.2 Å². The average molecular weight is 412 g/mol. The first kappa shape index (κ1) is 18.2. The Morgan fingerprint density at radius 3 is 2.25 bits per heavy atom. The van der Waals surface area contributed by atoms with Gasteiger partial charge in [0.05, 0.1) is 26.7 Å². The minimum atomic E-state index is -1.02. The van der Waals surface area contributed by atoms with Crippen molar-refractivity contribution < 1.29 is 14.7 Å². The Labute approximate surface area is 169 Å². The number of carbonyl (C=O) groups excluding carboxylic acids is 1. The molecule has 0 atom stereocenters. The van der Waals surface area contributed by atoms with Gasteiger partial charge in [-0.1, -0.05) is 41.4 Å². The van der Waals surface area contributed by atoms with Gasteiger partial charge in [-0.05, 0) is 36.4 Å². The lowest BCUT2D eigenvalue weighted by Crippen LogP contribution is -2.14. The average Bonchev–Trinajstić information content (AvgIpc) is 3.07. The molecule has 4 rings (SSSR count). The summed E-state index contributed by atoms with van der Waals surface area (Å²) in [6.45, 7) is 0. The van der Waals surface area contributed by atoms with Crippen LogP contribution in [0.3, 0.4) is 0 Å². The van der Waals surface area contributed by atoms with Crippen molar-refractivity contribution in [3.05, 3.63) is 82.0 Å². The highest BCUT2D eigenvalue weighted by atomic mass is 35.5. The number of carbonyl (C=O) groups is 2. The second-order valence-corrected chi connectivity index (χ2v) is 6.73. The molecule has 0 aliphatic heterocycles. The molecule has 0 unspecified atom stereocenters. The standard InChI is InChI=1S/C20H11Cl2N3O3/c21-13-3-1-4-14(22)16(13)19(26)25-15-5-2-10-23-18(15)17(24-25)11-6-8-12(9-7-11)20(27)28/h1-10H,(H,27,28). The minimum absolute atomic E-state index is 0.145. The first-order chi connectivity index (χ1) is 13.5. The van der Waals surface area contributed by atoms with Gasteiger partial charge in [-0.25, -0.2) is 4.79 Å². The van der Waals surface area contributed by atoms with Crippen LogP contribution in [0.2, 0.25) is 10.0 Å². The van der Waals surface area contributed by atoms with Gasteiger partial charge in [0.1, 0.15) is 11.2 Å². The number of hydrogen-bond donors (Lipinski definition) is 1. The molecule has 8 heteroatoms. The molecular formula is C20H11Cl2N3O3. The molecule has 0 saturated carbocycles. The maximum Gasteiger partial charge on any atom is 0.335 e. The summed E-state index contributed by atoms with van der Waals surface area (Å²) in [6.07, 6.45) is 1.59. The molecule has 0 spiro atoms. The molecule has 0 fully saturated rings. The first-order valence-electron chi connectivity index (χ1n) is 8.13. The molecule has 0 saturated heterocycles. The van der Waals surface area contributed by atoms with E-state index in [1.165, 1.54) is 16.8 Å². The number of nitrogens with zero attached hydrogens (tertiary/aromatic N) is 3. The molecule has 28 heavy (non-hydrogen) atoms. The molecule has 1 N–H and O–H groups in total. The fourth-order valence-electron chi connectivity index (χ4n) is 2.88. The van der Waals surface area contributed by atoms with Crippen molar-refractivity contribution in [2.24, 2.45) is 0 Å². The summed E-state index contributed by atoms with van der Waals surface area (Å²) in [5.74, 6) is -1.51. The van der Waals surface area contributed by atoms with Crippen LogP contribution in [0.25, 0.3) is 22.3 Å². The highest BCUT2D eigenvalue weighted by molar-refractivity contribution is 6.39. The molecular weight excluding hydrogens is 401 g/mol. The highest BCUT2D eigenvalue weighted by Crippen LogP contribution is 2.30. The van der Waals surface area contributed by atoms with Crippen LogP contribution in [0.4, 0.5) is 0 Å². The van der Waals surface area contributed by atoms with Crippen molar-refractivity contribution in [1.29, 1.82) is 0 Å². The maximum atomic E-state index is 13.1. The van der Waals surface area contributed by atoms with Crippen LogP contribution < -0.4 is 0 Å². The zero-order valence-corrected chi connectivity index (χ0v) is 15.6. The lowest BCUT2D eigenvalue weighted by atomic mass is 10.1. The number of fused-ring (bicyclic) bond motifs is 1. The summed E-state index contributed by atoms with van der Waals surface area (Å²) < 4.78 is 1.20. The van der Waals surface area contributed by atoms with Crippen LogP contribution in [0.5, 0.6) is 0 Å². The number of halogens is 2. The number of carboxylic acid groups (broad SMARTS) is 1. The Kier molecular flexibility index (Phi) is 4.58. The van der Waals surface area contributed by atoms with E-state index >= 15 is 0 Å². The summed E-state index contributed by atoms with van der Waals surface area (Å²) in [5, 5.41) is 13.9. The summed E-state index contributed by atoms with van der Waals surface area (Å²) in [7, 11) is 0. The molecule has 4 aromatic rings. The topological polar surface area (TPSA) is 85.1 Å². The third kappa shape index (κ3) is 3.02. The molecule has 0 aliphatic carbocycles. The van der Waals surface area contributed by atoms with E-state index in [-0.39, 0.29) is 21.2 Å². The second-order valence-electron chi connectivity index (χ2n) is 5.92. The van der Waals surface area contributed by atoms with Gasteiger partial charge in [0.15, 0.2) is 0 Å². The predicted octanol–water partition coefficient (Wildman–Crippen LogP) is 4.79. The number of benzene rings is 2. The van der Waals surface area contributed by atoms with E-state index in [2.05, 4.69) is 10.1 Å². The molecule has 6 nitrogen and oxygen atoms in total. The number of aromatic carboxylic acids is 1. The zero-order valence-electron chi connectivity index (χ0n) is 14.1. The van der Waals surface area contributed by atoms with Gasteiger partial charge in [-0.15, -0.1) is 0 Å². The molecule has 0 amide bonds. The van der Waals surface area contributed by atoms with Gasteiger partial charge in [0.25, 0.3) is 5.91 Å². The number of hydrogen-bond acceptors (Lipinski definition) is 4. The molecule has 0 radical (unpaired) electrons. The van der Waals surface area contributed by atoms with E-state index in [0.29, 0.717) is 22.3 Å². The van der Waals surface area contributed by atoms with Gasteiger partial charge < -0.3 is 5.11 Å². The van der Waals surface area contributed by atoms with Crippen LogP contribution in [0, 0.1) is 0 Å². The number of pyridine rings is 1. The summed E-state index contributed by atoms with van der Waals surface area (Å²) >= 11 is 12.4. The summed E-state index contributed by atoms with van der Waals surface area (Å²) in [5.41, 5.74) is 2.36. The van der Waals surface area contributed by atoms with E-state index in [9.17, 15) is 9.59 Å². The lowest BCUT2D eigenvalue weighted by Gasteiger charge is -2.06. The van der Waals surface area contributed by atoms with Gasteiger partial charge in [-0.3, -0.25) is 9.78 Å². The smallest absolute Gasteiger partial charge is 0.335 e. The number of carboxylic acids is 1. The Balaban J connectivity index is 1.90. The second kappa shape index (κ2) is 7.07. The monoisotopic (exact) mass is 411 g/mol. The molecule has 2 aromatic heterocycles. The molecule has 0 bridgehead atoms. The Bertz CT molecular complexity index is 1210. The van der Waals surface area contributed by atoms with Crippen LogP contribution in [-0.4, -0.2) is 31.7 Å². The normalized spacial score (nSPS) is 10.9. The number of rotatable bonds is 3. The predicted molar refractivity (Wildman–Crippen MR) is 106 cm³/mol. The van der Waals surface area contributed by atoms with Crippen LogP contribution in [0.1, 0.15) is 20.7 Å². The Morgan fingerprint density at radius 2 is 1.61 bits per heavy atom. The Morgan fingerprint density at radius 1 is 0.929 bits per heavy atom. The molecule has 138 valence electrons. The zero-order chi connectivity index (χ0) is 19.8. The van der Waals surface area contributed by atoms with E-state index < -0.39 is 11.9 Å². The van der Waals surface area contributed by atoms with Gasteiger partial charge in [-0.2, -0.15) is 9.78 Å². The van der Waals surface area contributed by atoms with Crippen molar-refractivity contribution in [1.82, 2.24) is 14.8 Å². The molecule has 2 aromatic carbocycles. The third-order valence-corrected chi connectivity index (χ3v) is 4.84. The fourth-order valence-corrected chi connectivity index (χ4v) is 3.44. The van der Waals surface area contributed by atoms with E-state index in [4.69, 9.17) is 28.3 Å². The maximum absolute atomic E-state index is 13.1. The first-order valence-corrected chi connectivity index (χ1v) is 8.89. The fraction of sp³-hybridized carbons (Fsp3) is 0. The van der Waals surface area contributed by atoms with Gasteiger partial charge in [0.2, 0.25) is 0 Å². The van der Waals surface area contributed by atoms with Crippen molar-refractivity contribution >= 4 is 46.1 Å². The third-order valence-electron chi connectivity index (χ3n) is 4.21. The van der Waals surface area contributed by atoms with Crippen molar-refractivity contribution in [3.8, 4) is 11.3 Å². The van der Waals surface area contributed by atoms with E-state index in [0.717, 1.165) is 0 Å². The largest absolute Gasteiger partial charge is 0.478 e. The van der Waals surface area contributed by atoms with Crippen LogP contribution in [-0.2, 0) is 0 Å². The molecule has 2 heterocycles. The van der Waals surface area contributed by atoms with Crippen molar-refractivity contribution in [2.45, 2.75) is 0 Å². The minimum Gasteiger partial charge on any atom is -0.478 e. The molecule has 0 aliphatic rings. The summed E-state index contributed by atoms with van der Waals surface area (Å²) in [6, 6.07) is 14.4. The number of aromatic nitrogens is 3. The lowest BCUT2D eigenvalue weighted by molar-refractivity contribution is 0.0696. The highest BCUT2D eigenvalue weighted by Gasteiger charge is 2.22. The summed E-state index contributed by atoms with van der Waals surface area (Å²) in [4.78, 5) is 28.5. The van der Waals surface area contributed by atoms with Crippen LogP contribution in [0.15, 0.2) is 60.8 Å². The SMILES string of the molecule is O=C(O)c1ccc(-c2nn(C(=O)c3c(Cl)cccc3Cl)c3cccnc23)cc1. The quantitative estimate of drug-likeness (QED) is 0.523.